The van der Waals surface area contributed by atoms with Crippen LogP contribution in [0.2, 0.25) is 0 Å². The van der Waals surface area contributed by atoms with E-state index in [1.807, 2.05) is 107 Å². The summed E-state index contributed by atoms with van der Waals surface area (Å²) in [6.07, 6.45) is 11.3. The van der Waals surface area contributed by atoms with Crippen LogP contribution >= 0.6 is 0 Å². The number of aliphatic carboxylic acids is 5. The lowest BCUT2D eigenvalue weighted by Crippen LogP contribution is -2.30. The highest BCUT2D eigenvalue weighted by atomic mass is 16.5. The largest absolute Gasteiger partial charge is 0.508 e. The first-order chi connectivity index (χ1) is 40.5. The van der Waals surface area contributed by atoms with Crippen molar-refractivity contribution in [1.82, 2.24) is 0 Å². The van der Waals surface area contributed by atoms with E-state index in [4.69, 9.17) is 35.0 Å². The molecule has 16 nitrogen and oxygen atoms in total. The topological polar surface area (TPSA) is 286 Å². The van der Waals surface area contributed by atoms with Crippen LogP contribution in [-0.4, -0.2) is 114 Å². The third kappa shape index (κ3) is 66.5. The van der Waals surface area contributed by atoms with Gasteiger partial charge >= 0.3 is 29.8 Å². The van der Waals surface area contributed by atoms with Gasteiger partial charge in [0.15, 0.2) is 12.0 Å². The summed E-state index contributed by atoms with van der Waals surface area (Å²) in [5.41, 5.74) is 5.00. The molecule has 0 heterocycles. The van der Waals surface area contributed by atoms with Gasteiger partial charge in [0.1, 0.15) is 11.5 Å². The zero-order valence-electron chi connectivity index (χ0n) is 61.7. The van der Waals surface area contributed by atoms with Gasteiger partial charge < -0.3 is 55.4 Å². The summed E-state index contributed by atoms with van der Waals surface area (Å²) < 4.78 is 10.7. The summed E-state index contributed by atoms with van der Waals surface area (Å²) in [5, 5.41) is 80.5. The molecule has 0 fully saturated rings. The molecule has 0 aliphatic heterocycles. The number of rotatable bonds is 26. The summed E-state index contributed by atoms with van der Waals surface area (Å²) in [6.45, 7) is 56.9. The Balaban J connectivity index is -0.000000233. The Morgan fingerprint density at radius 3 is 1.20 bits per heavy atom. The van der Waals surface area contributed by atoms with Crippen LogP contribution in [0.15, 0.2) is 36.4 Å². The van der Waals surface area contributed by atoms with Gasteiger partial charge in [0.2, 0.25) is 0 Å². The first-order valence-electron chi connectivity index (χ1n) is 32.7. The fourth-order valence-electron chi connectivity index (χ4n) is 7.66. The van der Waals surface area contributed by atoms with Gasteiger partial charge in [0.05, 0.1) is 31.2 Å². The molecule has 4 atom stereocenters. The molecule has 2 aromatic rings. The molecule has 9 N–H and O–H groups in total. The number of carbonyl (C=O) groups is 5. The number of hydrogen-bond donors (Lipinski definition) is 9. The van der Waals surface area contributed by atoms with Crippen LogP contribution in [0.5, 0.6) is 11.5 Å². The van der Waals surface area contributed by atoms with Crippen molar-refractivity contribution in [2.45, 2.75) is 296 Å². The van der Waals surface area contributed by atoms with Gasteiger partial charge in [-0.25, -0.2) is 4.79 Å². The Morgan fingerprint density at radius 1 is 0.462 bits per heavy atom. The van der Waals surface area contributed by atoms with Gasteiger partial charge in [0.25, 0.3) is 0 Å². The quantitative estimate of drug-likeness (QED) is 0.0313. The minimum atomic E-state index is -1.26. The van der Waals surface area contributed by atoms with Gasteiger partial charge in [-0.2, -0.15) is 0 Å². The zero-order valence-corrected chi connectivity index (χ0v) is 61.7. The third-order valence-corrected chi connectivity index (χ3v) is 14.0. The number of aliphatic hydroxyl groups excluding tert-OH is 2. The second-order valence-corrected chi connectivity index (χ2v) is 32.5. The monoisotopic (exact) mass is 1300 g/mol. The van der Waals surface area contributed by atoms with E-state index in [-0.39, 0.29) is 53.3 Å². The minimum absolute atomic E-state index is 0. The number of phenolic OH excluding ortho intramolecular Hbond substituents is 2. The lowest BCUT2D eigenvalue weighted by Gasteiger charge is -2.27. The highest BCUT2D eigenvalue weighted by Crippen LogP contribution is 2.32. The molecule has 0 bridgehead atoms. The van der Waals surface area contributed by atoms with Crippen LogP contribution in [0.4, 0.5) is 0 Å². The molecule has 4 unspecified atom stereocenters. The summed E-state index contributed by atoms with van der Waals surface area (Å²) in [4.78, 5) is 52.9. The fraction of sp³-hybridized carbons (Fsp3) is 0.773. The van der Waals surface area contributed by atoms with Crippen LogP contribution < -0.4 is 0 Å². The molecule has 0 spiro atoms. The average molecular weight is 1300 g/mol. The number of benzene rings is 2. The van der Waals surface area contributed by atoms with Crippen LogP contribution in [-0.2, 0) is 46.3 Å². The van der Waals surface area contributed by atoms with Crippen LogP contribution in [0, 0.1) is 69.5 Å². The van der Waals surface area contributed by atoms with E-state index < -0.39 is 47.8 Å². The standard InChI is InChI=1S/C14H20O3.C13H20O.C11H22O2.C11H24O2.C9H16O4.C8H16O3.C8H18O.CH4/c1-9-5-6-10(8-12(9)15)7-11(13(16)17)14(2,3)4;1-10-5-6-11(9-12(10)14)7-8-13(2,3)4;1-9(10(12)13)7-5-6-8-11(2,3)4;1-5-7-12-9-10-13-8-6-11(2,3)4;1-9(2,3)5-4-6(7(10)11)8(12)13;1-8(2,3)5-4-6(9)7(10)11;1-5-7(9)6-8(2,3)4;/h5-6,8,11,15H,7H2,1-4H3,(H,16,17);5-6,9,14H,7-8H2,1-4H3;9H,5-8H2,1-4H3,(H,12,13);5-10H2,1-4H3;6H,4-5H2,1-3H3,(H,10,11)(H,12,13);6,9H,4-5H2,1-3H3,(H,10,11);7,9H,5-6H2,1-4H3;1H4. The molecule has 2 rings (SSSR count). The highest BCUT2D eigenvalue weighted by Gasteiger charge is 2.31. The zero-order chi connectivity index (χ0) is 71.8. The molecule has 0 saturated carbocycles. The first kappa shape index (κ1) is 97.3. The molecule has 16 heteroatoms. The second-order valence-electron chi connectivity index (χ2n) is 32.5. The van der Waals surface area contributed by atoms with Crippen molar-refractivity contribution >= 4 is 29.8 Å². The van der Waals surface area contributed by atoms with Crippen molar-refractivity contribution in [3.8, 4) is 11.5 Å². The van der Waals surface area contributed by atoms with E-state index in [1.54, 1.807) is 13.0 Å². The molecule has 0 saturated heterocycles. The number of carboxylic acids is 5. The van der Waals surface area contributed by atoms with Gasteiger partial charge in [-0.1, -0.05) is 211 Å². The molecule has 0 amide bonds. The van der Waals surface area contributed by atoms with Crippen LogP contribution in [0.1, 0.15) is 279 Å². The maximum absolute atomic E-state index is 11.2. The molecule has 91 heavy (non-hydrogen) atoms. The van der Waals surface area contributed by atoms with E-state index >= 15 is 0 Å². The van der Waals surface area contributed by atoms with Crippen molar-refractivity contribution in [2.24, 2.45) is 55.7 Å². The number of phenols is 2. The highest BCUT2D eigenvalue weighted by molar-refractivity contribution is 5.92. The minimum Gasteiger partial charge on any atom is -0.508 e. The Hall–Kier alpha value is -4.77. The van der Waals surface area contributed by atoms with Crippen LogP contribution in [0.3, 0.4) is 0 Å². The Morgan fingerprint density at radius 2 is 0.868 bits per heavy atom. The van der Waals surface area contributed by atoms with Gasteiger partial charge in [-0.15, -0.1) is 0 Å². The average Bonchev–Trinajstić information content (AvgIpc) is 1.20. The summed E-state index contributed by atoms with van der Waals surface area (Å²) in [7, 11) is 0. The van der Waals surface area contributed by atoms with E-state index in [1.165, 1.54) is 12.0 Å². The second kappa shape index (κ2) is 48.0. The SMILES string of the molecule is C.CC(C)(C)CCC(C(=O)O)C(=O)O.CC(C)(C)CCC(O)C(=O)O.CC(CCCCC(C)(C)C)C(=O)O.CCC(O)CC(C)(C)C.CCCOCCOCCC(C)(C)C.Cc1ccc(CC(C(=O)O)C(C)(C)C)cc1O.Cc1ccc(CCC(C)(C)C)cc1O. The smallest absolute Gasteiger partial charge is 0.332 e. The number of unbranched alkanes of at least 4 members (excludes halogenated alkanes) is 1. The normalized spacial score (nSPS) is 13.0. The maximum atomic E-state index is 11.2. The molecular formula is C75H140O16. The summed E-state index contributed by atoms with van der Waals surface area (Å²) in [6, 6.07) is 11.3. The van der Waals surface area contributed by atoms with Gasteiger partial charge in [-0.05, 0) is 170 Å². The molecule has 0 aliphatic rings. The molecule has 0 aromatic heterocycles. The fourth-order valence-corrected chi connectivity index (χ4v) is 7.66. The number of carboxylic acid groups (broad SMARTS) is 5. The summed E-state index contributed by atoms with van der Waals surface area (Å²) in [5.74, 6) is -6.36. The molecular weight excluding hydrogens is 1160 g/mol. The summed E-state index contributed by atoms with van der Waals surface area (Å²) >= 11 is 0. The third-order valence-electron chi connectivity index (χ3n) is 14.0. The Bertz CT molecular complexity index is 2220. The lowest BCUT2D eigenvalue weighted by molar-refractivity contribution is -0.155. The Kier molecular flexibility index (Phi) is 51.3. The predicted molar refractivity (Wildman–Crippen MR) is 375 cm³/mol. The number of aryl methyl sites for hydroxylation is 3. The number of ether oxygens (including phenoxy) is 2. The van der Waals surface area contributed by atoms with Gasteiger partial charge in [-0.3, -0.25) is 19.2 Å². The van der Waals surface area contributed by atoms with Crippen molar-refractivity contribution in [3.63, 3.8) is 0 Å². The van der Waals surface area contributed by atoms with Crippen molar-refractivity contribution in [1.29, 1.82) is 0 Å². The van der Waals surface area contributed by atoms with Crippen molar-refractivity contribution in [3.05, 3.63) is 58.7 Å². The molecule has 2 aromatic carbocycles. The molecule has 0 radical (unpaired) electrons. The van der Waals surface area contributed by atoms with E-state index in [9.17, 15) is 44.4 Å². The van der Waals surface area contributed by atoms with Gasteiger partial charge in [0, 0.05) is 13.2 Å². The first-order valence-corrected chi connectivity index (χ1v) is 32.7. The maximum Gasteiger partial charge on any atom is 0.332 e. The van der Waals surface area contributed by atoms with Crippen LogP contribution in [0.25, 0.3) is 0 Å². The van der Waals surface area contributed by atoms with Crippen molar-refractivity contribution < 1.29 is 79.4 Å². The molecule has 536 valence electrons. The number of aromatic hydroxyl groups is 2. The number of hydrogen-bond acceptors (Lipinski definition) is 11. The Labute approximate surface area is 555 Å². The molecule has 0 aliphatic carbocycles. The van der Waals surface area contributed by atoms with E-state index in [0.29, 0.717) is 41.3 Å². The predicted octanol–water partition coefficient (Wildman–Crippen LogP) is 18.5. The van der Waals surface area contributed by atoms with E-state index in [0.717, 1.165) is 107 Å². The van der Waals surface area contributed by atoms with Crippen molar-refractivity contribution in [2.75, 3.05) is 26.4 Å². The lowest BCUT2D eigenvalue weighted by atomic mass is 9.77. The number of aliphatic hydroxyl groups is 2. The van der Waals surface area contributed by atoms with E-state index in [2.05, 4.69) is 96.1 Å².